The van der Waals surface area contributed by atoms with E-state index in [-0.39, 0.29) is 5.75 Å². The lowest BCUT2D eigenvalue weighted by molar-refractivity contribution is 0.371. The fourth-order valence-corrected chi connectivity index (χ4v) is 2.07. The second kappa shape index (κ2) is 6.70. The summed E-state index contributed by atoms with van der Waals surface area (Å²) < 4.78 is 5.22. The number of aromatic hydroxyl groups is 1. The van der Waals surface area contributed by atoms with E-state index >= 15 is 0 Å². The number of nitrogens with zero attached hydrogens (tertiary/aromatic N) is 2. The van der Waals surface area contributed by atoms with E-state index in [1.807, 2.05) is 19.1 Å². The van der Waals surface area contributed by atoms with Gasteiger partial charge in [0.1, 0.15) is 0 Å². The van der Waals surface area contributed by atoms with Crippen molar-refractivity contribution < 1.29 is 9.84 Å². The fourth-order valence-electron chi connectivity index (χ4n) is 2.07. The summed E-state index contributed by atoms with van der Waals surface area (Å²) in [5.74, 6) is 0.610. The summed E-state index contributed by atoms with van der Waals surface area (Å²) in [5.41, 5.74) is 3.52. The van der Waals surface area contributed by atoms with E-state index in [4.69, 9.17) is 4.74 Å². The van der Waals surface area contributed by atoms with E-state index in [0.717, 1.165) is 22.4 Å². The molecule has 0 unspecified atom stereocenters. The van der Waals surface area contributed by atoms with Crippen LogP contribution in [0.1, 0.15) is 23.7 Å². The van der Waals surface area contributed by atoms with Gasteiger partial charge in [-0.3, -0.25) is 9.97 Å². The van der Waals surface area contributed by atoms with E-state index < -0.39 is 0 Å². The molecule has 1 aromatic carbocycles. The molecule has 0 fully saturated rings. The zero-order chi connectivity index (χ0) is 15.2. The maximum atomic E-state index is 10.1. The highest BCUT2D eigenvalue weighted by molar-refractivity contribution is 5.79. The Kier molecular flexibility index (Phi) is 4.72. The summed E-state index contributed by atoms with van der Waals surface area (Å²) in [4.78, 5) is 8.33. The van der Waals surface area contributed by atoms with Gasteiger partial charge in [0.25, 0.3) is 0 Å². The monoisotopic (exact) mass is 282 g/mol. The van der Waals surface area contributed by atoms with E-state index in [1.165, 1.54) is 7.11 Å². The summed E-state index contributed by atoms with van der Waals surface area (Å²) >= 11 is 0. The van der Waals surface area contributed by atoms with Crippen molar-refractivity contribution in [1.29, 1.82) is 0 Å². The van der Waals surface area contributed by atoms with Gasteiger partial charge in [-0.1, -0.05) is 6.08 Å². The summed E-state index contributed by atoms with van der Waals surface area (Å²) in [6, 6.07) is 3.71. The molecule has 1 N–H and O–H groups in total. The first-order valence-electron chi connectivity index (χ1n) is 6.61. The van der Waals surface area contributed by atoms with Crippen LogP contribution in [0.15, 0.2) is 43.4 Å². The van der Waals surface area contributed by atoms with Crippen LogP contribution in [0.5, 0.6) is 11.5 Å². The number of ether oxygens (including phenoxy) is 1. The molecule has 0 saturated carbocycles. The Balaban J connectivity index is 2.44. The second-order valence-corrected chi connectivity index (χ2v) is 4.64. The summed E-state index contributed by atoms with van der Waals surface area (Å²) in [6.45, 7) is 5.67. The molecule has 0 aliphatic heterocycles. The highest BCUT2D eigenvalue weighted by atomic mass is 16.5. The summed E-state index contributed by atoms with van der Waals surface area (Å²) in [7, 11) is 1.54. The normalized spacial score (nSPS) is 11.2. The third-order valence-electron chi connectivity index (χ3n) is 3.11. The van der Waals surface area contributed by atoms with E-state index in [9.17, 15) is 5.11 Å². The Hall–Kier alpha value is -2.62. The smallest absolute Gasteiger partial charge is 0.161 e. The van der Waals surface area contributed by atoms with Gasteiger partial charge in [0.2, 0.25) is 0 Å². The zero-order valence-electron chi connectivity index (χ0n) is 12.2. The van der Waals surface area contributed by atoms with Crippen LogP contribution < -0.4 is 4.74 Å². The molecule has 0 saturated heterocycles. The Morgan fingerprint density at radius 3 is 2.81 bits per heavy atom. The molecule has 1 aromatic heterocycles. The first-order chi connectivity index (χ1) is 10.2. The van der Waals surface area contributed by atoms with Gasteiger partial charge in [-0.05, 0) is 42.7 Å². The molecule has 0 aliphatic rings. The lowest BCUT2D eigenvalue weighted by atomic mass is 10.0. The summed E-state index contributed by atoms with van der Waals surface area (Å²) in [5, 5.41) is 10.1. The molecule has 1 heterocycles. The van der Waals surface area contributed by atoms with Crippen LogP contribution in [0, 0.1) is 0 Å². The van der Waals surface area contributed by atoms with Gasteiger partial charge in [0.05, 0.1) is 19.0 Å². The first kappa shape index (κ1) is 14.8. The molecular weight excluding hydrogens is 264 g/mol. The molecule has 0 aliphatic carbocycles. The number of aromatic nitrogens is 2. The van der Waals surface area contributed by atoms with Crippen LogP contribution in [0.25, 0.3) is 11.6 Å². The molecule has 108 valence electrons. The van der Waals surface area contributed by atoms with Gasteiger partial charge in [0.15, 0.2) is 11.5 Å². The molecule has 0 bridgehead atoms. The number of hydrogen-bond donors (Lipinski definition) is 1. The lowest BCUT2D eigenvalue weighted by Crippen LogP contribution is -1.92. The number of allylic oxidation sites excluding steroid dienone is 2. The highest BCUT2D eigenvalue weighted by Crippen LogP contribution is 2.33. The van der Waals surface area contributed by atoms with Crippen LogP contribution in [-0.2, 0) is 6.42 Å². The van der Waals surface area contributed by atoms with Crippen molar-refractivity contribution in [3.05, 3.63) is 60.2 Å². The maximum Gasteiger partial charge on any atom is 0.161 e. The van der Waals surface area contributed by atoms with Crippen molar-refractivity contribution in [1.82, 2.24) is 9.97 Å². The van der Waals surface area contributed by atoms with Crippen molar-refractivity contribution in [3.63, 3.8) is 0 Å². The Bertz CT molecular complexity index is 664. The number of hydrogen-bond acceptors (Lipinski definition) is 4. The first-order valence-corrected chi connectivity index (χ1v) is 6.61. The quantitative estimate of drug-likeness (QED) is 0.853. The summed E-state index contributed by atoms with van der Waals surface area (Å²) in [6.07, 6.45) is 9.33. The minimum Gasteiger partial charge on any atom is -0.504 e. The average Bonchev–Trinajstić information content (AvgIpc) is 2.51. The zero-order valence-corrected chi connectivity index (χ0v) is 12.2. The van der Waals surface area contributed by atoms with Gasteiger partial charge < -0.3 is 9.84 Å². The number of benzene rings is 1. The van der Waals surface area contributed by atoms with E-state index in [1.54, 1.807) is 30.7 Å². The number of phenolic OH excluding ortho intramolecular Hbond substituents is 1. The molecule has 2 rings (SSSR count). The Morgan fingerprint density at radius 2 is 2.19 bits per heavy atom. The van der Waals surface area contributed by atoms with Gasteiger partial charge in [-0.25, -0.2) is 0 Å². The van der Waals surface area contributed by atoms with Crippen molar-refractivity contribution in [2.45, 2.75) is 13.3 Å². The van der Waals surface area contributed by atoms with Gasteiger partial charge in [0, 0.05) is 18.0 Å². The maximum absolute atomic E-state index is 10.1. The highest BCUT2D eigenvalue weighted by Gasteiger charge is 2.09. The van der Waals surface area contributed by atoms with Crippen LogP contribution in [0.3, 0.4) is 0 Å². The number of methoxy groups -OCH3 is 1. The molecule has 4 nitrogen and oxygen atoms in total. The number of rotatable bonds is 5. The van der Waals surface area contributed by atoms with Crippen LogP contribution in [-0.4, -0.2) is 22.2 Å². The Labute approximate surface area is 124 Å². The third-order valence-corrected chi connectivity index (χ3v) is 3.11. The van der Waals surface area contributed by atoms with Gasteiger partial charge >= 0.3 is 0 Å². The molecular formula is C17H18N2O2. The van der Waals surface area contributed by atoms with Crippen LogP contribution in [0.2, 0.25) is 0 Å². The van der Waals surface area contributed by atoms with E-state index in [2.05, 4.69) is 16.5 Å². The third kappa shape index (κ3) is 3.48. The van der Waals surface area contributed by atoms with Gasteiger partial charge in [-0.2, -0.15) is 0 Å². The van der Waals surface area contributed by atoms with Crippen molar-refractivity contribution in [2.75, 3.05) is 7.11 Å². The van der Waals surface area contributed by atoms with Crippen LogP contribution in [0.4, 0.5) is 0 Å². The molecule has 0 atom stereocenters. The molecule has 0 radical (unpaired) electrons. The molecule has 0 amide bonds. The predicted molar refractivity (Wildman–Crippen MR) is 84.1 cm³/mol. The van der Waals surface area contributed by atoms with E-state index in [0.29, 0.717) is 12.2 Å². The molecule has 2 aromatic rings. The fraction of sp³-hybridized carbons (Fsp3) is 0.176. The Morgan fingerprint density at radius 1 is 1.38 bits per heavy atom. The van der Waals surface area contributed by atoms with Gasteiger partial charge in [-0.15, -0.1) is 6.58 Å². The average molecular weight is 282 g/mol. The topological polar surface area (TPSA) is 55.2 Å². The van der Waals surface area contributed by atoms with Crippen molar-refractivity contribution >= 4 is 11.6 Å². The molecule has 4 heteroatoms. The second-order valence-electron chi connectivity index (χ2n) is 4.64. The standard InChI is InChI=1S/C17H18N2O2/c1-4-5-14-9-13(10-16(21-3)17(14)20)8-12(2)15-11-18-6-7-19-15/h4,6-11,20H,1,5H2,2-3H3. The number of phenols is 1. The van der Waals surface area contributed by atoms with Crippen molar-refractivity contribution in [3.8, 4) is 11.5 Å². The van der Waals surface area contributed by atoms with Crippen molar-refractivity contribution in [2.24, 2.45) is 0 Å². The lowest BCUT2D eigenvalue weighted by Gasteiger charge is -2.10. The minimum atomic E-state index is 0.159. The molecule has 0 spiro atoms. The predicted octanol–water partition coefficient (Wildman–Crippen LogP) is 3.48. The minimum absolute atomic E-state index is 0.159. The molecule has 21 heavy (non-hydrogen) atoms. The largest absolute Gasteiger partial charge is 0.504 e. The SMILES string of the molecule is C=CCc1cc(C=C(C)c2cnccn2)cc(OC)c1O. The van der Waals surface area contributed by atoms with Crippen LogP contribution >= 0.6 is 0 Å².